The van der Waals surface area contributed by atoms with E-state index in [0.717, 1.165) is 27.5 Å². The van der Waals surface area contributed by atoms with Crippen molar-refractivity contribution >= 4 is 34.6 Å². The van der Waals surface area contributed by atoms with Crippen LogP contribution < -0.4 is 16.0 Å². The van der Waals surface area contributed by atoms with Crippen LogP contribution in [0, 0.1) is 5.92 Å². The minimum atomic E-state index is -1.26. The lowest BCUT2D eigenvalue weighted by atomic mass is 9.96. The van der Waals surface area contributed by atoms with Gasteiger partial charge in [0, 0.05) is 24.7 Å². The zero-order valence-corrected chi connectivity index (χ0v) is 30.4. The Labute approximate surface area is 314 Å². The fourth-order valence-corrected chi connectivity index (χ4v) is 6.12. The van der Waals surface area contributed by atoms with E-state index in [1.165, 1.54) is 6.33 Å². The van der Waals surface area contributed by atoms with Crippen molar-refractivity contribution in [1.29, 1.82) is 0 Å². The largest absolute Gasteiger partial charge is 0.461 e. The summed E-state index contributed by atoms with van der Waals surface area (Å²) in [7, 11) is 0. The molecule has 5 N–H and O–H groups in total. The van der Waals surface area contributed by atoms with E-state index in [2.05, 4.69) is 25.9 Å². The molecule has 12 heteroatoms. The molecule has 5 rings (SSSR count). The number of carbonyl (C=O) groups excluding carboxylic acids is 4. The number of aliphatic hydroxyl groups excluding tert-OH is 1. The molecule has 12 nitrogen and oxygen atoms in total. The van der Waals surface area contributed by atoms with Gasteiger partial charge in [0.05, 0.1) is 24.9 Å². The molecule has 2 unspecified atom stereocenters. The summed E-state index contributed by atoms with van der Waals surface area (Å²) < 4.78 is 10.9. The maximum Gasteiger partial charge on any atom is 0.408 e. The Balaban J connectivity index is 1.32. The highest BCUT2D eigenvalue weighted by Gasteiger charge is 2.32. The third-order valence-corrected chi connectivity index (χ3v) is 8.87. The standard InChI is InChI=1S/C42H47N5O7/c1-28(2)20-35(38(48)23-39(49)53-25-29-12-5-3-6-13-29)45-41(51)37(22-33-24-43-27-44-33)46-40(50)36(47-42(52)54-26-30-14-7-4-8-15-30)21-32-18-11-17-31-16-9-10-19-34(31)32/h3-19,24,27-28,35-38,48H,20-23,25-26H2,1-2H3,(H,43,44)(H,45,51)(H,46,50)(H,47,52)/t35?,36-,37+,38?/m1/s1. The van der Waals surface area contributed by atoms with Gasteiger partial charge in [-0.1, -0.05) is 117 Å². The summed E-state index contributed by atoms with van der Waals surface area (Å²) in [6.45, 7) is 3.92. The van der Waals surface area contributed by atoms with Gasteiger partial charge < -0.3 is 35.5 Å². The van der Waals surface area contributed by atoms with Crippen LogP contribution in [-0.4, -0.2) is 63.2 Å². The molecular formula is C42H47N5O7. The number of ether oxygens (including phenoxy) is 2. The second-order valence-corrected chi connectivity index (χ2v) is 13.6. The van der Waals surface area contributed by atoms with E-state index in [4.69, 9.17) is 9.47 Å². The van der Waals surface area contributed by atoms with Crippen molar-refractivity contribution in [3.63, 3.8) is 0 Å². The number of aromatic nitrogens is 2. The Kier molecular flexibility index (Phi) is 14.3. The van der Waals surface area contributed by atoms with Crippen LogP contribution in [0.3, 0.4) is 0 Å². The first-order valence-electron chi connectivity index (χ1n) is 18.0. The predicted octanol–water partition coefficient (Wildman–Crippen LogP) is 5.15. The third kappa shape index (κ3) is 12.0. The van der Waals surface area contributed by atoms with Gasteiger partial charge >= 0.3 is 12.1 Å². The number of H-pyrrole nitrogens is 1. The Morgan fingerprint density at radius 2 is 1.33 bits per heavy atom. The molecule has 0 saturated heterocycles. The quantitative estimate of drug-likeness (QED) is 0.0770. The zero-order valence-electron chi connectivity index (χ0n) is 30.4. The van der Waals surface area contributed by atoms with Crippen LogP contribution >= 0.6 is 0 Å². The number of aromatic amines is 1. The second-order valence-electron chi connectivity index (χ2n) is 13.6. The van der Waals surface area contributed by atoms with Crippen molar-refractivity contribution in [2.45, 2.75) is 77.0 Å². The number of hydrogen-bond donors (Lipinski definition) is 5. The first kappa shape index (κ1) is 39.2. The molecule has 0 bridgehead atoms. The van der Waals surface area contributed by atoms with Gasteiger partial charge in [-0.15, -0.1) is 0 Å². The van der Waals surface area contributed by atoms with Crippen LogP contribution in [0.2, 0.25) is 0 Å². The van der Waals surface area contributed by atoms with Crippen LogP contribution in [-0.2, 0) is 49.9 Å². The number of aliphatic hydroxyl groups is 1. The van der Waals surface area contributed by atoms with E-state index in [1.807, 2.05) is 117 Å². The molecule has 4 aromatic carbocycles. The molecule has 0 saturated carbocycles. The Hall–Kier alpha value is -6.01. The number of hydrogen-bond acceptors (Lipinski definition) is 8. The minimum Gasteiger partial charge on any atom is -0.461 e. The number of imidazole rings is 1. The molecule has 54 heavy (non-hydrogen) atoms. The summed E-state index contributed by atoms with van der Waals surface area (Å²) in [5.74, 6) is -1.78. The predicted molar refractivity (Wildman–Crippen MR) is 204 cm³/mol. The van der Waals surface area contributed by atoms with Crippen LogP contribution in [0.1, 0.15) is 49.1 Å². The topological polar surface area (TPSA) is 172 Å². The van der Waals surface area contributed by atoms with Crippen LogP contribution in [0.4, 0.5) is 4.79 Å². The Morgan fingerprint density at radius 1 is 0.722 bits per heavy atom. The molecule has 1 heterocycles. The van der Waals surface area contributed by atoms with Gasteiger partial charge in [0.15, 0.2) is 0 Å². The lowest BCUT2D eigenvalue weighted by molar-refractivity contribution is -0.148. The highest BCUT2D eigenvalue weighted by molar-refractivity contribution is 5.93. The maximum atomic E-state index is 14.2. The van der Waals surface area contributed by atoms with E-state index in [0.29, 0.717) is 12.1 Å². The number of benzene rings is 4. The lowest BCUT2D eigenvalue weighted by Crippen LogP contribution is -2.57. The van der Waals surface area contributed by atoms with E-state index < -0.39 is 48.1 Å². The number of esters is 1. The highest BCUT2D eigenvalue weighted by Crippen LogP contribution is 2.20. The molecule has 0 radical (unpaired) electrons. The van der Waals surface area contributed by atoms with Crippen molar-refractivity contribution in [3.05, 3.63) is 138 Å². The van der Waals surface area contributed by atoms with Crippen LogP contribution in [0.5, 0.6) is 0 Å². The maximum absolute atomic E-state index is 14.2. The van der Waals surface area contributed by atoms with Crippen LogP contribution in [0.15, 0.2) is 116 Å². The molecule has 0 aliphatic heterocycles. The fraction of sp³-hybridized carbons (Fsp3) is 0.310. The van der Waals surface area contributed by atoms with Crippen molar-refractivity contribution in [2.75, 3.05) is 0 Å². The van der Waals surface area contributed by atoms with E-state index in [-0.39, 0.29) is 38.4 Å². The molecular weight excluding hydrogens is 686 g/mol. The van der Waals surface area contributed by atoms with Gasteiger partial charge in [0.1, 0.15) is 25.3 Å². The van der Waals surface area contributed by atoms with E-state index in [9.17, 15) is 24.3 Å². The number of rotatable bonds is 18. The minimum absolute atomic E-state index is 0.000497. The lowest BCUT2D eigenvalue weighted by Gasteiger charge is -2.28. The highest BCUT2D eigenvalue weighted by atomic mass is 16.5. The molecule has 3 amide bonds. The van der Waals surface area contributed by atoms with Gasteiger partial charge in [0.25, 0.3) is 0 Å². The van der Waals surface area contributed by atoms with Crippen LogP contribution in [0.25, 0.3) is 10.8 Å². The van der Waals surface area contributed by atoms with Crippen molar-refractivity contribution in [3.8, 4) is 0 Å². The number of amides is 3. The summed E-state index contributed by atoms with van der Waals surface area (Å²) in [5, 5.41) is 21.5. The van der Waals surface area contributed by atoms with Gasteiger partial charge in [-0.2, -0.15) is 0 Å². The van der Waals surface area contributed by atoms with Gasteiger partial charge in [-0.05, 0) is 39.8 Å². The fourth-order valence-electron chi connectivity index (χ4n) is 6.12. The number of fused-ring (bicyclic) bond motifs is 1. The summed E-state index contributed by atoms with van der Waals surface area (Å²) in [5.41, 5.74) is 2.97. The average molecular weight is 734 g/mol. The normalized spacial score (nSPS) is 13.3. The van der Waals surface area contributed by atoms with Crippen molar-refractivity contribution in [1.82, 2.24) is 25.9 Å². The van der Waals surface area contributed by atoms with Crippen molar-refractivity contribution < 1.29 is 33.8 Å². The second kappa shape index (κ2) is 19.7. The van der Waals surface area contributed by atoms with Gasteiger partial charge in [-0.3, -0.25) is 14.4 Å². The van der Waals surface area contributed by atoms with Gasteiger partial charge in [0.2, 0.25) is 11.8 Å². The number of nitrogens with one attached hydrogen (secondary N) is 4. The summed E-state index contributed by atoms with van der Waals surface area (Å²) in [4.78, 5) is 61.1. The molecule has 0 fully saturated rings. The summed E-state index contributed by atoms with van der Waals surface area (Å²) in [6, 6.07) is 28.7. The SMILES string of the molecule is CC(C)CC(NC(=O)[C@H](Cc1cnc[nH]1)NC(=O)[C@@H](Cc1cccc2ccccc12)NC(=O)OCc1ccccc1)C(O)CC(=O)OCc1ccccc1. The molecule has 0 spiro atoms. The Bertz CT molecular complexity index is 1950. The molecule has 0 aliphatic rings. The molecule has 5 aromatic rings. The number of carbonyl (C=O) groups is 4. The number of alkyl carbamates (subject to hydrolysis) is 1. The van der Waals surface area contributed by atoms with E-state index in [1.54, 1.807) is 6.20 Å². The zero-order chi connectivity index (χ0) is 38.3. The number of nitrogens with zero attached hydrogens (tertiary/aromatic N) is 1. The molecule has 282 valence electrons. The molecule has 4 atom stereocenters. The summed E-state index contributed by atoms with van der Waals surface area (Å²) >= 11 is 0. The monoisotopic (exact) mass is 733 g/mol. The van der Waals surface area contributed by atoms with E-state index >= 15 is 0 Å². The average Bonchev–Trinajstić information content (AvgIpc) is 3.69. The smallest absolute Gasteiger partial charge is 0.408 e. The Morgan fingerprint density at radius 3 is 2.00 bits per heavy atom. The molecule has 1 aromatic heterocycles. The van der Waals surface area contributed by atoms with Crippen molar-refractivity contribution in [2.24, 2.45) is 5.92 Å². The first-order valence-corrected chi connectivity index (χ1v) is 18.0. The summed E-state index contributed by atoms with van der Waals surface area (Å²) in [6.07, 6.45) is 1.09. The molecule has 0 aliphatic carbocycles. The third-order valence-electron chi connectivity index (χ3n) is 8.87. The van der Waals surface area contributed by atoms with Gasteiger partial charge in [-0.25, -0.2) is 9.78 Å². The first-order chi connectivity index (χ1) is 26.1.